The standard InChI is InChI=1S/C15H11NO4/c17-10-13-8-12(9-14(15(13)18)16(19)20)7-6-11-4-2-1-3-5-11/h1-10,18H. The monoisotopic (exact) mass is 269 g/mol. The van der Waals surface area contributed by atoms with Gasteiger partial charge in [-0.15, -0.1) is 0 Å². The van der Waals surface area contributed by atoms with Gasteiger partial charge in [0, 0.05) is 6.07 Å². The van der Waals surface area contributed by atoms with Crippen LogP contribution in [0.4, 0.5) is 5.69 Å². The number of rotatable bonds is 4. The van der Waals surface area contributed by atoms with Gasteiger partial charge in [0.05, 0.1) is 10.5 Å². The van der Waals surface area contributed by atoms with E-state index in [4.69, 9.17) is 0 Å². The number of carbonyl (C=O) groups is 1. The Bertz CT molecular complexity index is 678. The lowest BCUT2D eigenvalue weighted by Crippen LogP contribution is -1.93. The zero-order valence-electron chi connectivity index (χ0n) is 10.4. The summed E-state index contributed by atoms with van der Waals surface area (Å²) in [4.78, 5) is 20.9. The minimum absolute atomic E-state index is 0.105. The highest BCUT2D eigenvalue weighted by Crippen LogP contribution is 2.30. The van der Waals surface area contributed by atoms with Gasteiger partial charge in [-0.3, -0.25) is 14.9 Å². The summed E-state index contributed by atoms with van der Waals surface area (Å²) in [5, 5.41) is 20.4. The summed E-state index contributed by atoms with van der Waals surface area (Å²) >= 11 is 0. The number of carbonyl (C=O) groups excluding carboxylic acids is 1. The second-order valence-corrected chi connectivity index (χ2v) is 4.10. The van der Waals surface area contributed by atoms with Gasteiger partial charge >= 0.3 is 5.69 Å². The smallest absolute Gasteiger partial charge is 0.312 e. The first kappa shape index (κ1) is 13.5. The molecule has 0 saturated carbocycles. The van der Waals surface area contributed by atoms with Gasteiger partial charge in [-0.25, -0.2) is 0 Å². The zero-order valence-corrected chi connectivity index (χ0v) is 10.4. The number of phenols is 1. The van der Waals surface area contributed by atoms with Gasteiger partial charge in [-0.2, -0.15) is 0 Å². The molecular formula is C15H11NO4. The Morgan fingerprint density at radius 3 is 2.30 bits per heavy atom. The molecule has 2 aromatic carbocycles. The van der Waals surface area contributed by atoms with Crippen LogP contribution in [0.2, 0.25) is 0 Å². The van der Waals surface area contributed by atoms with E-state index < -0.39 is 16.4 Å². The van der Waals surface area contributed by atoms with Crippen LogP contribution in [0.5, 0.6) is 5.75 Å². The Morgan fingerprint density at radius 1 is 1.05 bits per heavy atom. The largest absolute Gasteiger partial charge is 0.502 e. The second-order valence-electron chi connectivity index (χ2n) is 4.10. The van der Waals surface area contributed by atoms with Gasteiger partial charge in [-0.1, -0.05) is 42.5 Å². The topological polar surface area (TPSA) is 80.4 Å². The molecule has 20 heavy (non-hydrogen) atoms. The molecule has 0 aliphatic carbocycles. The van der Waals surface area contributed by atoms with E-state index in [1.807, 2.05) is 30.3 Å². The predicted octanol–water partition coefficient (Wildman–Crippen LogP) is 3.28. The molecule has 0 unspecified atom stereocenters. The summed E-state index contributed by atoms with van der Waals surface area (Å²) < 4.78 is 0. The number of aldehydes is 1. The summed E-state index contributed by atoms with van der Waals surface area (Å²) in [6.45, 7) is 0. The molecule has 0 aromatic heterocycles. The third-order valence-corrected chi connectivity index (χ3v) is 2.73. The molecule has 5 nitrogen and oxygen atoms in total. The van der Waals surface area contributed by atoms with Crippen molar-refractivity contribution >= 4 is 24.1 Å². The first-order valence-corrected chi connectivity index (χ1v) is 5.81. The van der Waals surface area contributed by atoms with Crippen LogP contribution in [0.15, 0.2) is 42.5 Å². The number of nitrogens with zero attached hydrogens (tertiary/aromatic N) is 1. The lowest BCUT2D eigenvalue weighted by molar-refractivity contribution is -0.385. The Balaban J connectivity index is 2.42. The van der Waals surface area contributed by atoms with Crippen LogP contribution in [-0.2, 0) is 0 Å². The molecule has 2 aromatic rings. The molecule has 0 aliphatic heterocycles. The average Bonchev–Trinajstić information content (AvgIpc) is 2.47. The van der Waals surface area contributed by atoms with Gasteiger partial charge in [-0.05, 0) is 17.2 Å². The third-order valence-electron chi connectivity index (χ3n) is 2.73. The van der Waals surface area contributed by atoms with Gasteiger partial charge in [0.25, 0.3) is 0 Å². The maximum absolute atomic E-state index is 10.8. The highest BCUT2D eigenvalue weighted by Gasteiger charge is 2.17. The molecular weight excluding hydrogens is 258 g/mol. The molecule has 0 fully saturated rings. The van der Waals surface area contributed by atoms with Crippen molar-refractivity contribution < 1.29 is 14.8 Å². The number of nitro groups is 1. The number of hydrogen-bond donors (Lipinski definition) is 1. The quantitative estimate of drug-likeness (QED) is 0.399. The lowest BCUT2D eigenvalue weighted by Gasteiger charge is -2.01. The summed E-state index contributed by atoms with van der Waals surface area (Å²) in [6.07, 6.45) is 3.81. The molecule has 0 atom stereocenters. The maximum atomic E-state index is 10.8. The molecule has 1 N–H and O–H groups in total. The molecule has 0 amide bonds. The van der Waals surface area contributed by atoms with E-state index in [1.165, 1.54) is 12.1 Å². The van der Waals surface area contributed by atoms with Crippen LogP contribution in [0.3, 0.4) is 0 Å². The molecule has 2 rings (SSSR count). The van der Waals surface area contributed by atoms with Crippen LogP contribution in [0.1, 0.15) is 21.5 Å². The summed E-state index contributed by atoms with van der Waals surface area (Å²) in [6, 6.07) is 12.0. The Hall–Kier alpha value is -2.95. The molecule has 100 valence electrons. The van der Waals surface area contributed by atoms with Gasteiger partial charge in [0.1, 0.15) is 0 Å². The number of aromatic hydroxyl groups is 1. The average molecular weight is 269 g/mol. The van der Waals surface area contributed by atoms with Gasteiger partial charge < -0.3 is 5.11 Å². The van der Waals surface area contributed by atoms with Crippen molar-refractivity contribution in [2.24, 2.45) is 0 Å². The molecule has 5 heteroatoms. The van der Waals surface area contributed by atoms with Crippen LogP contribution in [0, 0.1) is 10.1 Å². The van der Waals surface area contributed by atoms with E-state index in [2.05, 4.69) is 0 Å². The minimum Gasteiger partial charge on any atom is -0.502 e. The van der Waals surface area contributed by atoms with Crippen LogP contribution in [-0.4, -0.2) is 16.3 Å². The number of nitro benzene ring substituents is 1. The van der Waals surface area contributed by atoms with E-state index in [1.54, 1.807) is 12.2 Å². The minimum atomic E-state index is -0.720. The van der Waals surface area contributed by atoms with Crippen LogP contribution in [0.25, 0.3) is 12.2 Å². The lowest BCUT2D eigenvalue weighted by atomic mass is 10.1. The van der Waals surface area contributed by atoms with Crippen molar-refractivity contribution in [2.75, 3.05) is 0 Å². The first-order valence-electron chi connectivity index (χ1n) is 5.81. The Labute approximate surface area is 115 Å². The van der Waals surface area contributed by atoms with Crippen LogP contribution >= 0.6 is 0 Å². The first-order chi connectivity index (χ1) is 9.61. The van der Waals surface area contributed by atoms with E-state index in [-0.39, 0.29) is 5.56 Å². The number of hydrogen-bond acceptors (Lipinski definition) is 4. The van der Waals surface area contributed by atoms with Gasteiger partial charge in [0.2, 0.25) is 5.75 Å². The highest BCUT2D eigenvalue weighted by molar-refractivity contribution is 5.85. The van der Waals surface area contributed by atoms with Crippen molar-refractivity contribution in [3.63, 3.8) is 0 Å². The van der Waals surface area contributed by atoms with Crippen molar-refractivity contribution in [2.45, 2.75) is 0 Å². The molecule has 0 bridgehead atoms. The fraction of sp³-hybridized carbons (Fsp3) is 0. The summed E-state index contributed by atoms with van der Waals surface area (Å²) in [7, 11) is 0. The van der Waals surface area contributed by atoms with E-state index >= 15 is 0 Å². The normalized spacial score (nSPS) is 10.6. The van der Waals surface area contributed by atoms with Crippen molar-refractivity contribution in [1.29, 1.82) is 0 Å². The Morgan fingerprint density at radius 2 is 1.70 bits per heavy atom. The molecule has 0 radical (unpaired) electrons. The summed E-state index contributed by atoms with van der Waals surface area (Å²) in [5.41, 5.74) is 0.811. The molecule has 0 spiro atoms. The fourth-order valence-corrected chi connectivity index (χ4v) is 1.75. The predicted molar refractivity (Wildman–Crippen MR) is 75.5 cm³/mol. The van der Waals surface area contributed by atoms with E-state index in [0.29, 0.717) is 11.8 Å². The maximum Gasteiger partial charge on any atom is 0.312 e. The molecule has 0 heterocycles. The SMILES string of the molecule is O=Cc1cc(C=Cc2ccccc2)cc([N+](=O)[O-])c1O. The van der Waals surface area contributed by atoms with Crippen LogP contribution < -0.4 is 0 Å². The van der Waals surface area contributed by atoms with Crippen molar-refractivity contribution in [3.05, 3.63) is 69.3 Å². The summed E-state index contributed by atoms with van der Waals surface area (Å²) in [5.74, 6) is -0.609. The van der Waals surface area contributed by atoms with Crippen molar-refractivity contribution in [1.82, 2.24) is 0 Å². The molecule has 0 aliphatic rings. The van der Waals surface area contributed by atoms with Crippen molar-refractivity contribution in [3.8, 4) is 5.75 Å². The van der Waals surface area contributed by atoms with E-state index in [0.717, 1.165) is 5.56 Å². The fourth-order valence-electron chi connectivity index (χ4n) is 1.75. The number of phenolic OH excluding ortho intramolecular Hbond substituents is 1. The third kappa shape index (κ3) is 2.89. The zero-order chi connectivity index (χ0) is 14.5. The number of benzene rings is 2. The van der Waals surface area contributed by atoms with Gasteiger partial charge in [0.15, 0.2) is 6.29 Å². The highest BCUT2D eigenvalue weighted by atomic mass is 16.6. The molecule has 0 saturated heterocycles. The Kier molecular flexibility index (Phi) is 3.91. The van der Waals surface area contributed by atoms with E-state index in [9.17, 15) is 20.0 Å². The second kappa shape index (κ2) is 5.79.